The standard InChI is InChI=1S/C17H19BrO3/c1-17(2,21-11-15(19)20-3)10-13-9-8-12-6-4-5-7-14(12)16(13)18/h4-9H,10-11H2,1-3H3. The number of ether oxygens (including phenoxy) is 2. The molecule has 0 atom stereocenters. The first kappa shape index (κ1) is 16.0. The third-order valence-corrected chi connectivity index (χ3v) is 4.30. The zero-order chi connectivity index (χ0) is 15.5. The minimum Gasteiger partial charge on any atom is -0.467 e. The van der Waals surface area contributed by atoms with Crippen molar-refractivity contribution in [3.8, 4) is 0 Å². The van der Waals surface area contributed by atoms with Crippen LogP contribution in [0.5, 0.6) is 0 Å². The smallest absolute Gasteiger partial charge is 0.331 e. The van der Waals surface area contributed by atoms with Gasteiger partial charge in [-0.1, -0.05) is 36.4 Å². The lowest BCUT2D eigenvalue weighted by Crippen LogP contribution is -2.30. The predicted octanol–water partition coefficient (Wildman–Crippen LogP) is 4.11. The second-order valence-electron chi connectivity index (χ2n) is 5.56. The highest BCUT2D eigenvalue weighted by molar-refractivity contribution is 9.10. The molecule has 21 heavy (non-hydrogen) atoms. The molecule has 0 saturated heterocycles. The molecular formula is C17H19BrO3. The van der Waals surface area contributed by atoms with Gasteiger partial charge in [-0.05, 0) is 46.1 Å². The van der Waals surface area contributed by atoms with Crippen LogP contribution in [0.3, 0.4) is 0 Å². The van der Waals surface area contributed by atoms with Crippen LogP contribution in [0.1, 0.15) is 19.4 Å². The lowest BCUT2D eigenvalue weighted by atomic mass is 9.96. The topological polar surface area (TPSA) is 35.5 Å². The van der Waals surface area contributed by atoms with Gasteiger partial charge in [-0.3, -0.25) is 0 Å². The normalized spacial score (nSPS) is 11.6. The Morgan fingerprint density at radius 2 is 1.90 bits per heavy atom. The van der Waals surface area contributed by atoms with Crippen LogP contribution >= 0.6 is 15.9 Å². The van der Waals surface area contributed by atoms with Crippen LogP contribution in [0.25, 0.3) is 10.8 Å². The van der Waals surface area contributed by atoms with Crippen LogP contribution < -0.4 is 0 Å². The number of rotatable bonds is 5. The Bertz CT molecular complexity index is 650. The van der Waals surface area contributed by atoms with Gasteiger partial charge in [0.25, 0.3) is 0 Å². The number of benzene rings is 2. The fourth-order valence-electron chi connectivity index (χ4n) is 2.24. The molecule has 2 rings (SSSR count). The molecule has 0 radical (unpaired) electrons. The summed E-state index contributed by atoms with van der Waals surface area (Å²) in [6, 6.07) is 12.4. The van der Waals surface area contributed by atoms with E-state index in [2.05, 4.69) is 44.9 Å². The van der Waals surface area contributed by atoms with Crippen molar-refractivity contribution in [3.05, 3.63) is 46.4 Å². The fraction of sp³-hybridized carbons (Fsp3) is 0.353. The van der Waals surface area contributed by atoms with E-state index in [0.29, 0.717) is 6.42 Å². The molecule has 0 aliphatic heterocycles. The first-order valence-corrected chi connectivity index (χ1v) is 7.59. The quantitative estimate of drug-likeness (QED) is 0.761. The van der Waals surface area contributed by atoms with Gasteiger partial charge in [0.05, 0.1) is 12.7 Å². The summed E-state index contributed by atoms with van der Waals surface area (Å²) in [5.41, 5.74) is 0.711. The molecule has 2 aromatic rings. The molecule has 0 heterocycles. The average molecular weight is 351 g/mol. The summed E-state index contributed by atoms with van der Waals surface area (Å²) >= 11 is 3.68. The molecule has 0 bridgehead atoms. The maximum absolute atomic E-state index is 11.2. The van der Waals surface area contributed by atoms with Crippen LogP contribution in [-0.2, 0) is 20.7 Å². The maximum atomic E-state index is 11.2. The predicted molar refractivity (Wildman–Crippen MR) is 87.4 cm³/mol. The van der Waals surface area contributed by atoms with Crippen LogP contribution in [0.15, 0.2) is 40.9 Å². The highest BCUT2D eigenvalue weighted by Gasteiger charge is 2.22. The van der Waals surface area contributed by atoms with Crippen LogP contribution in [0, 0.1) is 0 Å². The first-order valence-electron chi connectivity index (χ1n) is 6.80. The molecule has 0 aliphatic carbocycles. The molecule has 0 amide bonds. The molecule has 0 aliphatic rings. The highest BCUT2D eigenvalue weighted by Crippen LogP contribution is 2.30. The lowest BCUT2D eigenvalue weighted by Gasteiger charge is -2.25. The molecule has 0 aromatic heterocycles. The van der Waals surface area contributed by atoms with E-state index in [-0.39, 0.29) is 12.6 Å². The molecular weight excluding hydrogens is 332 g/mol. The Hall–Kier alpha value is -1.39. The van der Waals surface area contributed by atoms with Gasteiger partial charge in [-0.25, -0.2) is 4.79 Å². The molecule has 0 spiro atoms. The van der Waals surface area contributed by atoms with Crippen LogP contribution in [0.4, 0.5) is 0 Å². The second-order valence-corrected chi connectivity index (χ2v) is 6.35. The van der Waals surface area contributed by atoms with Crippen molar-refractivity contribution in [2.45, 2.75) is 25.9 Å². The Labute approximate surface area is 133 Å². The summed E-state index contributed by atoms with van der Waals surface area (Å²) in [6.07, 6.45) is 0.704. The zero-order valence-electron chi connectivity index (χ0n) is 12.5. The third kappa shape index (κ3) is 4.05. The van der Waals surface area contributed by atoms with E-state index in [1.165, 1.54) is 17.9 Å². The Balaban J connectivity index is 2.18. The van der Waals surface area contributed by atoms with Gasteiger partial charge in [-0.2, -0.15) is 0 Å². The van der Waals surface area contributed by atoms with E-state index in [1.54, 1.807) is 0 Å². The fourth-order valence-corrected chi connectivity index (χ4v) is 2.87. The Morgan fingerprint density at radius 1 is 1.19 bits per heavy atom. The van der Waals surface area contributed by atoms with Gasteiger partial charge in [0.1, 0.15) is 6.61 Å². The van der Waals surface area contributed by atoms with Crippen LogP contribution in [-0.4, -0.2) is 25.3 Å². The van der Waals surface area contributed by atoms with Crippen molar-refractivity contribution < 1.29 is 14.3 Å². The van der Waals surface area contributed by atoms with E-state index in [4.69, 9.17) is 4.74 Å². The number of hydrogen-bond acceptors (Lipinski definition) is 3. The summed E-state index contributed by atoms with van der Waals surface area (Å²) in [5.74, 6) is -0.361. The van der Waals surface area contributed by atoms with E-state index >= 15 is 0 Å². The summed E-state index contributed by atoms with van der Waals surface area (Å²) in [5, 5.41) is 2.38. The Kier molecular flexibility index (Phi) is 5.01. The maximum Gasteiger partial charge on any atom is 0.331 e. The number of hydrogen-bond donors (Lipinski definition) is 0. The molecule has 3 nitrogen and oxygen atoms in total. The monoisotopic (exact) mass is 350 g/mol. The molecule has 4 heteroatoms. The summed E-state index contributed by atoms with van der Waals surface area (Å²) in [7, 11) is 1.36. The molecule has 0 fully saturated rings. The number of fused-ring (bicyclic) bond motifs is 1. The summed E-state index contributed by atoms with van der Waals surface area (Å²) in [6.45, 7) is 3.91. The van der Waals surface area contributed by atoms with Crippen molar-refractivity contribution in [3.63, 3.8) is 0 Å². The minimum atomic E-state index is -0.445. The second kappa shape index (κ2) is 6.58. The Morgan fingerprint density at radius 3 is 2.62 bits per heavy atom. The average Bonchev–Trinajstić information content (AvgIpc) is 2.48. The molecule has 0 N–H and O–H groups in total. The largest absolute Gasteiger partial charge is 0.467 e. The molecule has 112 valence electrons. The van der Waals surface area contributed by atoms with Gasteiger partial charge < -0.3 is 9.47 Å². The van der Waals surface area contributed by atoms with Crippen molar-refractivity contribution in [2.24, 2.45) is 0 Å². The zero-order valence-corrected chi connectivity index (χ0v) is 14.1. The lowest BCUT2D eigenvalue weighted by molar-refractivity contribution is -0.151. The van der Waals surface area contributed by atoms with E-state index in [1.807, 2.05) is 26.0 Å². The number of halogens is 1. The molecule has 2 aromatic carbocycles. The van der Waals surface area contributed by atoms with Crippen molar-refractivity contribution in [2.75, 3.05) is 13.7 Å². The number of methoxy groups -OCH3 is 1. The van der Waals surface area contributed by atoms with Crippen molar-refractivity contribution in [1.29, 1.82) is 0 Å². The highest BCUT2D eigenvalue weighted by atomic mass is 79.9. The van der Waals surface area contributed by atoms with Crippen molar-refractivity contribution in [1.82, 2.24) is 0 Å². The molecule has 0 saturated carbocycles. The van der Waals surface area contributed by atoms with E-state index < -0.39 is 5.60 Å². The number of carbonyl (C=O) groups is 1. The summed E-state index contributed by atoms with van der Waals surface area (Å²) < 4.78 is 11.3. The van der Waals surface area contributed by atoms with Gasteiger partial charge in [0.2, 0.25) is 0 Å². The van der Waals surface area contributed by atoms with Gasteiger partial charge in [0.15, 0.2) is 0 Å². The molecule has 0 unspecified atom stereocenters. The van der Waals surface area contributed by atoms with Crippen molar-refractivity contribution >= 4 is 32.7 Å². The minimum absolute atomic E-state index is 0.0330. The van der Waals surface area contributed by atoms with Crippen LogP contribution in [0.2, 0.25) is 0 Å². The van der Waals surface area contributed by atoms with Gasteiger partial charge in [0, 0.05) is 10.9 Å². The SMILES string of the molecule is COC(=O)COC(C)(C)Cc1ccc2ccccc2c1Br. The van der Waals surface area contributed by atoms with Gasteiger partial charge >= 0.3 is 5.97 Å². The number of esters is 1. The summed E-state index contributed by atoms with van der Waals surface area (Å²) in [4.78, 5) is 11.2. The third-order valence-electron chi connectivity index (χ3n) is 3.37. The van der Waals surface area contributed by atoms with Gasteiger partial charge in [-0.15, -0.1) is 0 Å². The number of carbonyl (C=O) groups excluding carboxylic acids is 1. The van der Waals surface area contributed by atoms with E-state index in [0.717, 1.165) is 10.0 Å². The van der Waals surface area contributed by atoms with E-state index in [9.17, 15) is 4.79 Å². The first-order chi connectivity index (χ1) is 9.93.